The predicted octanol–water partition coefficient (Wildman–Crippen LogP) is 4.17. The van der Waals surface area contributed by atoms with Crippen LogP contribution in [0.5, 0.6) is 0 Å². The molecule has 0 spiro atoms. The summed E-state index contributed by atoms with van der Waals surface area (Å²) in [5.74, 6) is 1.01. The van der Waals surface area contributed by atoms with Crippen molar-refractivity contribution in [1.29, 1.82) is 0 Å². The van der Waals surface area contributed by atoms with Gasteiger partial charge in [0.15, 0.2) is 0 Å². The Balaban J connectivity index is 2.15. The summed E-state index contributed by atoms with van der Waals surface area (Å²) in [5, 5.41) is 0. The molecular weight excluding hydrogens is 144 g/mol. The van der Waals surface area contributed by atoms with Gasteiger partial charge in [0, 0.05) is 0 Å². The Labute approximate surface area is 77.1 Å². The summed E-state index contributed by atoms with van der Waals surface area (Å²) in [5.41, 5.74) is 0.638. The number of allylic oxidation sites excluding steroid dienone is 1. The first kappa shape index (κ1) is 9.83. The molecule has 1 rings (SSSR count). The van der Waals surface area contributed by atoms with E-state index < -0.39 is 0 Å². The highest BCUT2D eigenvalue weighted by Gasteiger charge is 2.29. The normalized spacial score (nSPS) is 27.3. The van der Waals surface area contributed by atoms with Gasteiger partial charge in [-0.2, -0.15) is 0 Å². The lowest BCUT2D eigenvalue weighted by atomic mass is 9.89. The number of rotatable bonds is 4. The van der Waals surface area contributed by atoms with Crippen LogP contribution >= 0.6 is 0 Å². The first-order valence-electron chi connectivity index (χ1n) is 5.25. The molecule has 12 heavy (non-hydrogen) atoms. The van der Waals surface area contributed by atoms with Gasteiger partial charge in [-0.15, -0.1) is 6.58 Å². The molecule has 0 aromatic rings. The van der Waals surface area contributed by atoms with Crippen LogP contribution in [0.25, 0.3) is 0 Å². The summed E-state index contributed by atoms with van der Waals surface area (Å²) < 4.78 is 0. The third-order valence-electron chi connectivity index (χ3n) is 3.09. The molecule has 70 valence electrons. The highest BCUT2D eigenvalue weighted by molar-refractivity contribution is 4.82. The maximum absolute atomic E-state index is 3.75. The van der Waals surface area contributed by atoms with Crippen molar-refractivity contribution in [3.05, 3.63) is 12.7 Å². The zero-order chi connectivity index (χ0) is 9.03. The van der Waals surface area contributed by atoms with Crippen molar-refractivity contribution in [2.24, 2.45) is 11.3 Å². The minimum absolute atomic E-state index is 0.638. The van der Waals surface area contributed by atoms with Crippen molar-refractivity contribution in [3.8, 4) is 0 Å². The summed E-state index contributed by atoms with van der Waals surface area (Å²) in [7, 11) is 0. The van der Waals surface area contributed by atoms with Crippen LogP contribution in [0.4, 0.5) is 0 Å². The molecule has 0 aliphatic heterocycles. The van der Waals surface area contributed by atoms with Gasteiger partial charge in [0.05, 0.1) is 0 Å². The minimum Gasteiger partial charge on any atom is -0.103 e. The second-order valence-corrected chi connectivity index (χ2v) is 4.99. The Kier molecular flexibility index (Phi) is 3.37. The van der Waals surface area contributed by atoms with Crippen LogP contribution in [0.3, 0.4) is 0 Å². The van der Waals surface area contributed by atoms with E-state index in [4.69, 9.17) is 0 Å². The summed E-state index contributed by atoms with van der Waals surface area (Å²) in [6, 6.07) is 0. The third kappa shape index (κ3) is 3.00. The fourth-order valence-electron chi connectivity index (χ4n) is 2.38. The summed E-state index contributed by atoms with van der Waals surface area (Å²) in [6.07, 6.45) is 10.4. The Morgan fingerprint density at radius 2 is 2.25 bits per heavy atom. The number of hydrogen-bond donors (Lipinski definition) is 0. The van der Waals surface area contributed by atoms with Gasteiger partial charge in [0.25, 0.3) is 0 Å². The molecule has 0 aromatic carbocycles. The van der Waals surface area contributed by atoms with Crippen LogP contribution in [-0.4, -0.2) is 0 Å². The van der Waals surface area contributed by atoms with Gasteiger partial charge in [-0.1, -0.05) is 26.3 Å². The topological polar surface area (TPSA) is 0 Å². The van der Waals surface area contributed by atoms with Gasteiger partial charge in [-0.05, 0) is 43.4 Å². The van der Waals surface area contributed by atoms with Gasteiger partial charge in [-0.25, -0.2) is 0 Å². The Morgan fingerprint density at radius 1 is 1.50 bits per heavy atom. The van der Waals surface area contributed by atoms with Crippen molar-refractivity contribution < 1.29 is 0 Å². The molecule has 0 amide bonds. The van der Waals surface area contributed by atoms with Crippen LogP contribution < -0.4 is 0 Å². The lowest BCUT2D eigenvalue weighted by molar-refractivity contribution is 0.352. The van der Waals surface area contributed by atoms with Gasteiger partial charge >= 0.3 is 0 Å². The molecule has 0 N–H and O–H groups in total. The van der Waals surface area contributed by atoms with Crippen molar-refractivity contribution in [3.63, 3.8) is 0 Å². The molecule has 0 heteroatoms. The van der Waals surface area contributed by atoms with Gasteiger partial charge < -0.3 is 0 Å². The molecule has 0 saturated heterocycles. The molecule has 0 nitrogen and oxygen atoms in total. The van der Waals surface area contributed by atoms with Crippen LogP contribution in [0, 0.1) is 11.3 Å². The standard InChI is InChI=1S/C12H22/c1-4-5-6-7-11-8-9-12(2,3)10-11/h4,11H,1,5-10H2,2-3H3. The van der Waals surface area contributed by atoms with Gasteiger partial charge in [-0.3, -0.25) is 0 Å². The average Bonchev–Trinajstić information content (AvgIpc) is 2.31. The first-order valence-corrected chi connectivity index (χ1v) is 5.25. The molecule has 1 saturated carbocycles. The molecule has 0 bridgehead atoms. The van der Waals surface area contributed by atoms with E-state index in [0.717, 1.165) is 5.92 Å². The molecule has 0 radical (unpaired) electrons. The van der Waals surface area contributed by atoms with Crippen LogP contribution in [0.15, 0.2) is 12.7 Å². The lowest BCUT2D eigenvalue weighted by Gasteiger charge is -2.16. The highest BCUT2D eigenvalue weighted by Crippen LogP contribution is 2.42. The fourth-order valence-corrected chi connectivity index (χ4v) is 2.38. The van der Waals surface area contributed by atoms with E-state index in [9.17, 15) is 0 Å². The zero-order valence-electron chi connectivity index (χ0n) is 8.60. The summed E-state index contributed by atoms with van der Waals surface area (Å²) in [6.45, 7) is 8.56. The van der Waals surface area contributed by atoms with Crippen LogP contribution in [0.2, 0.25) is 0 Å². The molecule has 1 aliphatic carbocycles. The zero-order valence-corrected chi connectivity index (χ0v) is 8.60. The molecule has 1 unspecified atom stereocenters. The van der Waals surface area contributed by atoms with E-state index in [-0.39, 0.29) is 0 Å². The average molecular weight is 166 g/mol. The van der Waals surface area contributed by atoms with E-state index in [1.54, 1.807) is 0 Å². The van der Waals surface area contributed by atoms with E-state index in [2.05, 4.69) is 20.4 Å². The summed E-state index contributed by atoms with van der Waals surface area (Å²) in [4.78, 5) is 0. The molecule has 0 aromatic heterocycles. The van der Waals surface area contributed by atoms with Crippen molar-refractivity contribution in [2.75, 3.05) is 0 Å². The van der Waals surface area contributed by atoms with Gasteiger partial charge in [0.1, 0.15) is 0 Å². The van der Waals surface area contributed by atoms with Crippen molar-refractivity contribution in [1.82, 2.24) is 0 Å². The van der Waals surface area contributed by atoms with Gasteiger partial charge in [0.2, 0.25) is 0 Å². The fraction of sp³-hybridized carbons (Fsp3) is 0.833. The Hall–Kier alpha value is -0.260. The Bertz CT molecular complexity index is 144. The smallest absolute Gasteiger partial charge is 0.0351 e. The van der Waals surface area contributed by atoms with E-state index in [0.29, 0.717) is 5.41 Å². The minimum atomic E-state index is 0.638. The predicted molar refractivity (Wildman–Crippen MR) is 55.2 cm³/mol. The second kappa shape index (κ2) is 4.11. The number of hydrogen-bond acceptors (Lipinski definition) is 0. The van der Waals surface area contributed by atoms with Crippen LogP contribution in [-0.2, 0) is 0 Å². The third-order valence-corrected chi connectivity index (χ3v) is 3.09. The highest BCUT2D eigenvalue weighted by atomic mass is 14.3. The molecule has 0 heterocycles. The van der Waals surface area contributed by atoms with Crippen LogP contribution in [0.1, 0.15) is 52.4 Å². The van der Waals surface area contributed by atoms with Crippen molar-refractivity contribution >= 4 is 0 Å². The molecule has 1 atom stereocenters. The molecule has 1 fully saturated rings. The largest absolute Gasteiger partial charge is 0.103 e. The second-order valence-electron chi connectivity index (χ2n) is 4.99. The maximum atomic E-state index is 3.75. The van der Waals surface area contributed by atoms with Crippen molar-refractivity contribution in [2.45, 2.75) is 52.4 Å². The SMILES string of the molecule is C=CCCCC1CCC(C)(C)C1. The van der Waals surface area contributed by atoms with E-state index in [1.807, 2.05) is 6.08 Å². The quantitative estimate of drug-likeness (QED) is 0.434. The Morgan fingerprint density at radius 3 is 2.75 bits per heavy atom. The monoisotopic (exact) mass is 166 g/mol. The first-order chi connectivity index (χ1) is 5.64. The van der Waals surface area contributed by atoms with E-state index >= 15 is 0 Å². The molecule has 1 aliphatic rings. The maximum Gasteiger partial charge on any atom is -0.0351 e. The number of unbranched alkanes of at least 4 members (excludes halogenated alkanes) is 1. The van der Waals surface area contributed by atoms with E-state index in [1.165, 1.54) is 38.5 Å². The lowest BCUT2D eigenvalue weighted by Crippen LogP contribution is -2.04. The molecular formula is C12H22. The summed E-state index contributed by atoms with van der Waals surface area (Å²) >= 11 is 0.